The van der Waals surface area contributed by atoms with E-state index in [9.17, 15) is 21.9 Å². The van der Waals surface area contributed by atoms with E-state index in [1.54, 1.807) is 36.3 Å². The normalized spacial score (nSPS) is 14.7. The zero-order valence-electron chi connectivity index (χ0n) is 26.2. The van der Waals surface area contributed by atoms with Crippen LogP contribution in [0.4, 0.5) is 28.4 Å². The Bertz CT molecular complexity index is 1680. The summed E-state index contributed by atoms with van der Waals surface area (Å²) in [6.45, 7) is 12.8. The van der Waals surface area contributed by atoms with Crippen LogP contribution in [0.5, 0.6) is 0 Å². The second kappa shape index (κ2) is 14.7. The molecule has 1 fully saturated rings. The predicted molar refractivity (Wildman–Crippen MR) is 180 cm³/mol. The van der Waals surface area contributed by atoms with Gasteiger partial charge in [-0.3, -0.25) is 9.69 Å². The second-order valence-electron chi connectivity index (χ2n) is 11.6. The van der Waals surface area contributed by atoms with Crippen molar-refractivity contribution in [2.45, 2.75) is 57.1 Å². The van der Waals surface area contributed by atoms with Crippen LogP contribution in [0.25, 0.3) is 11.0 Å². The molecule has 1 amide bonds. The Balaban J connectivity index is 1.31. The van der Waals surface area contributed by atoms with Crippen molar-refractivity contribution < 1.29 is 21.9 Å². The van der Waals surface area contributed by atoms with Crippen LogP contribution in [0, 0.1) is 6.92 Å². The molecule has 7 nitrogen and oxygen atoms in total. The van der Waals surface area contributed by atoms with E-state index in [1.807, 2.05) is 24.0 Å². The summed E-state index contributed by atoms with van der Waals surface area (Å²) in [5.74, 6) is -0.621. The van der Waals surface area contributed by atoms with Gasteiger partial charge in [0.05, 0.1) is 5.56 Å². The highest BCUT2D eigenvalue weighted by Gasteiger charge is 2.34. The van der Waals surface area contributed by atoms with E-state index in [0.29, 0.717) is 31.0 Å². The van der Waals surface area contributed by atoms with Crippen molar-refractivity contribution in [3.05, 3.63) is 82.7 Å². The van der Waals surface area contributed by atoms with Crippen molar-refractivity contribution in [2.24, 2.45) is 0 Å². The van der Waals surface area contributed by atoms with E-state index in [4.69, 9.17) is 0 Å². The zero-order chi connectivity index (χ0) is 33.0. The summed E-state index contributed by atoms with van der Waals surface area (Å²) in [5.41, 5.74) is 2.94. The minimum Gasteiger partial charge on any atom is -0.381 e. The van der Waals surface area contributed by atoms with E-state index >= 15 is 0 Å². The number of nitrogens with one attached hydrogen (secondary N) is 2. The van der Waals surface area contributed by atoms with Crippen molar-refractivity contribution in [3.8, 4) is 0 Å². The minimum absolute atomic E-state index is 0.0601. The Morgan fingerprint density at radius 1 is 1.02 bits per heavy atom. The highest BCUT2D eigenvalue weighted by Crippen LogP contribution is 2.36. The molecule has 46 heavy (non-hydrogen) atoms. The summed E-state index contributed by atoms with van der Waals surface area (Å²) in [5, 5.41) is 7.33. The van der Waals surface area contributed by atoms with Crippen LogP contribution >= 0.6 is 24.1 Å². The van der Waals surface area contributed by atoms with E-state index in [2.05, 4.69) is 41.3 Å². The van der Waals surface area contributed by atoms with Gasteiger partial charge < -0.3 is 15.5 Å². The molecular weight excluding hydrogens is 637 g/mol. The number of rotatable bonds is 11. The first kappa shape index (κ1) is 34.1. The zero-order valence-corrected chi connectivity index (χ0v) is 27.9. The van der Waals surface area contributed by atoms with Crippen LogP contribution in [0.2, 0.25) is 0 Å². The maximum atomic E-state index is 14.1. The van der Waals surface area contributed by atoms with Gasteiger partial charge in [0.1, 0.15) is 0 Å². The molecule has 2 aromatic heterocycles. The molecule has 1 aliphatic rings. The number of pyridine rings is 1. The molecule has 0 atom stereocenters. The van der Waals surface area contributed by atoms with E-state index in [0.717, 1.165) is 52.8 Å². The fourth-order valence-electron chi connectivity index (χ4n) is 5.54. The molecule has 2 N–H and O–H groups in total. The SMILES string of the molecule is CCN1CCN(Cc2ccc(C(=O)Nc3ccc(C)c(NCc4cnc5c(ccn5SF)c4SC(C)C)c3)cc2C(F)(F)F)CC1. The van der Waals surface area contributed by atoms with Crippen LogP contribution in [0.3, 0.4) is 0 Å². The number of benzene rings is 2. The molecule has 0 radical (unpaired) electrons. The summed E-state index contributed by atoms with van der Waals surface area (Å²) in [4.78, 5) is 23.0. The Labute approximate surface area is 275 Å². The van der Waals surface area contributed by atoms with Gasteiger partial charge in [0.2, 0.25) is 0 Å². The smallest absolute Gasteiger partial charge is 0.381 e. The second-order valence-corrected chi connectivity index (χ2v) is 13.8. The summed E-state index contributed by atoms with van der Waals surface area (Å²) in [6.07, 6.45) is -1.20. The standard InChI is InChI=1S/C33H38F4N6OS2/c1-5-41-12-14-42(15-13-41)20-24-8-7-23(16-28(24)33(34,35)36)32(44)40-26-9-6-22(4)29(17-26)38-18-25-19-39-31-27(10-11-43(31)46-37)30(25)45-21(2)3/h6-11,16-17,19,21,38H,5,12-15,18,20H2,1-4H3,(H,40,44). The number of halogens is 4. The molecular formula is C33H38F4N6OS2. The predicted octanol–water partition coefficient (Wildman–Crippen LogP) is 8.25. The van der Waals surface area contributed by atoms with Gasteiger partial charge in [-0.05, 0) is 54.9 Å². The Kier molecular flexibility index (Phi) is 10.9. The average molecular weight is 675 g/mol. The van der Waals surface area contributed by atoms with Gasteiger partial charge in [-0.1, -0.05) is 32.9 Å². The molecule has 4 aromatic rings. The Hall–Kier alpha value is -3.26. The number of anilines is 2. The van der Waals surface area contributed by atoms with E-state index in [1.165, 1.54) is 16.1 Å². The monoisotopic (exact) mass is 674 g/mol. The van der Waals surface area contributed by atoms with Gasteiger partial charge in [-0.2, -0.15) is 13.2 Å². The van der Waals surface area contributed by atoms with Gasteiger partial charge in [0, 0.05) is 89.7 Å². The number of hydrogen-bond acceptors (Lipinski definition) is 7. The van der Waals surface area contributed by atoms with Gasteiger partial charge in [0.25, 0.3) is 5.91 Å². The topological polar surface area (TPSA) is 65.4 Å². The molecule has 1 aliphatic heterocycles. The van der Waals surface area contributed by atoms with Crippen LogP contribution < -0.4 is 10.6 Å². The fourth-order valence-corrected chi connectivity index (χ4v) is 6.90. The molecule has 0 spiro atoms. The van der Waals surface area contributed by atoms with Crippen LogP contribution in [0.15, 0.2) is 59.8 Å². The Morgan fingerprint density at radius 3 is 2.43 bits per heavy atom. The van der Waals surface area contributed by atoms with Gasteiger partial charge in [0.15, 0.2) is 18.0 Å². The lowest BCUT2D eigenvalue weighted by molar-refractivity contribution is -0.138. The molecule has 0 bridgehead atoms. The van der Waals surface area contributed by atoms with Crippen molar-refractivity contribution in [3.63, 3.8) is 0 Å². The van der Waals surface area contributed by atoms with Gasteiger partial charge in [-0.15, -0.1) is 15.6 Å². The quantitative estimate of drug-likeness (QED) is 0.123. The van der Waals surface area contributed by atoms with E-state index in [-0.39, 0.29) is 35.3 Å². The summed E-state index contributed by atoms with van der Waals surface area (Å²) in [7, 11) is 0. The number of thioether (sulfide) groups is 1. The molecule has 246 valence electrons. The van der Waals surface area contributed by atoms with Gasteiger partial charge >= 0.3 is 6.18 Å². The van der Waals surface area contributed by atoms with Crippen molar-refractivity contribution >= 4 is 52.4 Å². The lowest BCUT2D eigenvalue weighted by atomic mass is 10.0. The number of nitrogens with zero attached hydrogens (tertiary/aromatic N) is 4. The fraction of sp³-hybridized carbons (Fsp3) is 0.394. The summed E-state index contributed by atoms with van der Waals surface area (Å²) in [6, 6.07) is 11.0. The average Bonchev–Trinajstić information content (AvgIpc) is 3.45. The number of amides is 1. The molecule has 0 unspecified atom stereocenters. The van der Waals surface area contributed by atoms with E-state index < -0.39 is 17.6 Å². The van der Waals surface area contributed by atoms with Gasteiger partial charge in [-0.25, -0.2) is 8.96 Å². The van der Waals surface area contributed by atoms with Crippen molar-refractivity contribution in [1.29, 1.82) is 0 Å². The maximum absolute atomic E-state index is 14.1. The van der Waals surface area contributed by atoms with Crippen molar-refractivity contribution in [1.82, 2.24) is 18.8 Å². The number of likely N-dealkylation sites (N-methyl/N-ethyl adjacent to an activating group) is 1. The number of aryl methyl sites for hydroxylation is 1. The third kappa shape index (κ3) is 7.99. The molecule has 0 saturated carbocycles. The van der Waals surface area contributed by atoms with Crippen molar-refractivity contribution in [2.75, 3.05) is 43.4 Å². The number of carbonyl (C=O) groups excluding carboxylic acids is 1. The first-order chi connectivity index (χ1) is 22.0. The number of piperazine rings is 1. The largest absolute Gasteiger partial charge is 0.416 e. The lowest BCUT2D eigenvalue weighted by Gasteiger charge is -2.34. The number of carbonyl (C=O) groups is 1. The first-order valence-electron chi connectivity index (χ1n) is 15.2. The molecule has 2 aromatic carbocycles. The number of hydrogen-bond donors (Lipinski definition) is 2. The van der Waals surface area contributed by atoms with Crippen LogP contribution in [0.1, 0.15) is 53.4 Å². The number of fused-ring (bicyclic) bond motifs is 1. The Morgan fingerprint density at radius 2 is 1.76 bits per heavy atom. The molecule has 1 saturated heterocycles. The molecule has 3 heterocycles. The minimum atomic E-state index is -4.59. The number of alkyl halides is 3. The third-order valence-electron chi connectivity index (χ3n) is 8.08. The highest BCUT2D eigenvalue weighted by molar-refractivity contribution is 8.00. The first-order valence-corrected chi connectivity index (χ1v) is 16.8. The summed E-state index contributed by atoms with van der Waals surface area (Å²) >= 11 is 1.78. The maximum Gasteiger partial charge on any atom is 0.416 e. The third-order valence-corrected chi connectivity index (χ3v) is 9.71. The molecule has 0 aliphatic carbocycles. The highest BCUT2D eigenvalue weighted by atomic mass is 32.2. The lowest BCUT2D eigenvalue weighted by Crippen LogP contribution is -2.45. The molecule has 13 heteroatoms. The summed E-state index contributed by atoms with van der Waals surface area (Å²) < 4.78 is 57.1. The molecule has 5 rings (SSSR count). The van der Waals surface area contributed by atoms with Crippen LogP contribution in [-0.2, 0) is 19.3 Å². The van der Waals surface area contributed by atoms with Crippen LogP contribution in [-0.4, -0.2) is 62.6 Å². The number of aromatic nitrogens is 2.